The molecule has 0 unspecified atom stereocenters. The van der Waals surface area contributed by atoms with Crippen LogP contribution in [0, 0.1) is 5.41 Å². The smallest absolute Gasteiger partial charge is 0.333 e. The number of ether oxygens (including phenoxy) is 4. The maximum Gasteiger partial charge on any atom is 0.333 e. The molecule has 8 heteroatoms. The van der Waals surface area contributed by atoms with E-state index >= 15 is 0 Å². The zero-order valence-electron chi connectivity index (χ0n) is 16.9. The van der Waals surface area contributed by atoms with E-state index in [2.05, 4.69) is 13.2 Å². The largest absolute Gasteiger partial charge is 0.460 e. The van der Waals surface area contributed by atoms with Crippen molar-refractivity contribution in [3.8, 4) is 0 Å². The Hall–Kier alpha value is -1.74. The van der Waals surface area contributed by atoms with Crippen LogP contribution in [0.2, 0.25) is 0 Å². The molecule has 0 saturated carbocycles. The molecule has 27 heavy (non-hydrogen) atoms. The molecule has 0 aromatic heterocycles. The lowest BCUT2D eigenvalue weighted by atomic mass is 9.97. The predicted molar refractivity (Wildman–Crippen MR) is 101 cm³/mol. The van der Waals surface area contributed by atoms with Gasteiger partial charge in [-0.2, -0.15) is 0 Å². The Morgan fingerprint density at radius 2 is 1.04 bits per heavy atom. The third-order valence-electron chi connectivity index (χ3n) is 2.85. The van der Waals surface area contributed by atoms with Gasteiger partial charge in [0.1, 0.15) is 13.2 Å². The highest BCUT2D eigenvalue weighted by Crippen LogP contribution is 2.10. The molecule has 0 aromatic carbocycles. The Labute approximate surface area is 161 Å². The molecule has 0 amide bonds. The topological polar surface area (TPSA) is 112 Å². The van der Waals surface area contributed by atoms with Crippen LogP contribution in [0.1, 0.15) is 27.7 Å². The lowest BCUT2D eigenvalue weighted by molar-refractivity contribution is -0.142. The van der Waals surface area contributed by atoms with Gasteiger partial charge in [-0.25, -0.2) is 9.59 Å². The molecule has 0 spiro atoms. The molecule has 0 saturated heterocycles. The van der Waals surface area contributed by atoms with Gasteiger partial charge in [0, 0.05) is 16.6 Å². The van der Waals surface area contributed by atoms with Crippen molar-refractivity contribution in [3.05, 3.63) is 24.3 Å². The SMILES string of the molecule is C=C(C)C(=O)OCCOCCOCCOC(=O)C(=C)C.CC(C)(CO)CO. The number of aliphatic hydroxyl groups is 2. The lowest BCUT2D eigenvalue weighted by Gasteiger charge is -2.16. The van der Waals surface area contributed by atoms with E-state index in [1.54, 1.807) is 27.7 Å². The molecule has 0 heterocycles. The molecule has 0 aliphatic heterocycles. The van der Waals surface area contributed by atoms with Gasteiger partial charge in [-0.15, -0.1) is 0 Å². The van der Waals surface area contributed by atoms with Crippen LogP contribution in [0.15, 0.2) is 24.3 Å². The van der Waals surface area contributed by atoms with Crippen LogP contribution in [-0.4, -0.2) is 75.0 Å². The number of hydrogen-bond acceptors (Lipinski definition) is 8. The van der Waals surface area contributed by atoms with E-state index in [-0.39, 0.29) is 31.8 Å². The van der Waals surface area contributed by atoms with E-state index in [1.165, 1.54) is 0 Å². The fraction of sp³-hybridized carbons (Fsp3) is 0.684. The van der Waals surface area contributed by atoms with Gasteiger partial charge in [-0.05, 0) is 13.8 Å². The lowest BCUT2D eigenvalue weighted by Crippen LogP contribution is -2.20. The second kappa shape index (κ2) is 16.4. The van der Waals surface area contributed by atoms with Gasteiger partial charge in [-0.1, -0.05) is 27.0 Å². The van der Waals surface area contributed by atoms with Gasteiger partial charge < -0.3 is 29.2 Å². The summed E-state index contributed by atoms with van der Waals surface area (Å²) in [5.41, 5.74) is 0.412. The van der Waals surface area contributed by atoms with Crippen LogP contribution in [-0.2, 0) is 28.5 Å². The molecule has 0 atom stereocenters. The minimum atomic E-state index is -0.427. The van der Waals surface area contributed by atoms with Crippen molar-refractivity contribution in [2.75, 3.05) is 52.9 Å². The summed E-state index contributed by atoms with van der Waals surface area (Å²) in [7, 11) is 0. The van der Waals surface area contributed by atoms with Gasteiger partial charge in [0.05, 0.1) is 39.6 Å². The zero-order valence-corrected chi connectivity index (χ0v) is 16.9. The van der Waals surface area contributed by atoms with Gasteiger partial charge in [0.15, 0.2) is 0 Å². The minimum Gasteiger partial charge on any atom is -0.460 e. The van der Waals surface area contributed by atoms with Crippen molar-refractivity contribution in [2.24, 2.45) is 5.41 Å². The summed E-state index contributed by atoms with van der Waals surface area (Å²) < 4.78 is 20.0. The highest BCUT2D eigenvalue weighted by atomic mass is 16.6. The first-order chi connectivity index (χ1) is 12.6. The van der Waals surface area contributed by atoms with E-state index in [0.29, 0.717) is 37.6 Å². The molecule has 0 aromatic rings. The zero-order chi connectivity index (χ0) is 21.3. The molecule has 0 radical (unpaired) electrons. The average Bonchev–Trinajstić information content (AvgIpc) is 2.63. The number of aliphatic hydroxyl groups excluding tert-OH is 2. The number of rotatable bonds is 13. The molecule has 0 bridgehead atoms. The molecular formula is C19H34O8. The van der Waals surface area contributed by atoms with E-state index in [9.17, 15) is 9.59 Å². The third-order valence-corrected chi connectivity index (χ3v) is 2.85. The molecule has 0 aliphatic rings. The van der Waals surface area contributed by atoms with Gasteiger partial charge in [0.25, 0.3) is 0 Å². The van der Waals surface area contributed by atoms with Crippen molar-refractivity contribution in [1.82, 2.24) is 0 Å². The first-order valence-corrected chi connectivity index (χ1v) is 8.60. The molecule has 0 aliphatic carbocycles. The highest BCUT2D eigenvalue weighted by Gasteiger charge is 2.13. The fourth-order valence-corrected chi connectivity index (χ4v) is 1.00. The molecular weight excluding hydrogens is 356 g/mol. The molecule has 0 rings (SSSR count). The number of carbonyl (C=O) groups is 2. The molecule has 158 valence electrons. The van der Waals surface area contributed by atoms with Gasteiger partial charge in [0.2, 0.25) is 0 Å². The Morgan fingerprint density at radius 3 is 1.26 bits per heavy atom. The standard InChI is InChI=1S/C14H22O6.C5H12O2/c1-11(2)13(15)19-9-7-17-5-6-18-8-10-20-14(16)12(3)4;1-5(2,3-6)4-7/h1,3,5-10H2,2,4H3;6-7H,3-4H2,1-2H3. The van der Waals surface area contributed by atoms with Crippen molar-refractivity contribution in [3.63, 3.8) is 0 Å². The van der Waals surface area contributed by atoms with Crippen molar-refractivity contribution < 1.29 is 38.7 Å². The van der Waals surface area contributed by atoms with E-state index in [1.807, 2.05) is 0 Å². The summed E-state index contributed by atoms with van der Waals surface area (Å²) in [6.07, 6.45) is 0. The maximum atomic E-state index is 11.0. The van der Waals surface area contributed by atoms with Crippen LogP contribution >= 0.6 is 0 Å². The van der Waals surface area contributed by atoms with Crippen LogP contribution < -0.4 is 0 Å². The Kier molecular flexibility index (Phi) is 16.7. The Balaban J connectivity index is 0. The molecule has 2 N–H and O–H groups in total. The second-order valence-corrected chi connectivity index (χ2v) is 6.54. The average molecular weight is 390 g/mol. The second-order valence-electron chi connectivity index (χ2n) is 6.54. The Bertz CT molecular complexity index is 417. The summed E-state index contributed by atoms with van der Waals surface area (Å²) in [5, 5.41) is 16.9. The van der Waals surface area contributed by atoms with E-state index in [0.717, 1.165) is 0 Å². The first kappa shape index (κ1) is 27.5. The predicted octanol–water partition coefficient (Wildman–Crippen LogP) is 1.26. The monoisotopic (exact) mass is 390 g/mol. The number of hydrogen-bond donors (Lipinski definition) is 2. The summed E-state index contributed by atoms with van der Waals surface area (Å²) in [5.74, 6) is -0.853. The summed E-state index contributed by atoms with van der Waals surface area (Å²) in [4.78, 5) is 22.0. The summed E-state index contributed by atoms with van der Waals surface area (Å²) in [6.45, 7) is 15.5. The van der Waals surface area contributed by atoms with Crippen molar-refractivity contribution in [2.45, 2.75) is 27.7 Å². The summed E-state index contributed by atoms with van der Waals surface area (Å²) in [6, 6.07) is 0. The first-order valence-electron chi connectivity index (χ1n) is 8.60. The molecule has 8 nitrogen and oxygen atoms in total. The quantitative estimate of drug-likeness (QED) is 0.275. The van der Waals surface area contributed by atoms with Crippen molar-refractivity contribution >= 4 is 11.9 Å². The van der Waals surface area contributed by atoms with Gasteiger partial charge in [-0.3, -0.25) is 0 Å². The molecule has 0 fully saturated rings. The van der Waals surface area contributed by atoms with Gasteiger partial charge >= 0.3 is 11.9 Å². The van der Waals surface area contributed by atoms with E-state index in [4.69, 9.17) is 29.2 Å². The minimum absolute atomic E-state index is 0.0451. The van der Waals surface area contributed by atoms with Crippen LogP contribution in [0.5, 0.6) is 0 Å². The number of esters is 2. The van der Waals surface area contributed by atoms with Crippen LogP contribution in [0.25, 0.3) is 0 Å². The third kappa shape index (κ3) is 18.8. The number of carbonyl (C=O) groups excluding carboxylic acids is 2. The highest BCUT2D eigenvalue weighted by molar-refractivity contribution is 5.87. The van der Waals surface area contributed by atoms with Crippen LogP contribution in [0.4, 0.5) is 0 Å². The van der Waals surface area contributed by atoms with Crippen LogP contribution in [0.3, 0.4) is 0 Å². The normalized spacial score (nSPS) is 10.4. The fourth-order valence-electron chi connectivity index (χ4n) is 1.00. The maximum absolute atomic E-state index is 11.0. The summed E-state index contributed by atoms with van der Waals surface area (Å²) >= 11 is 0. The van der Waals surface area contributed by atoms with Crippen molar-refractivity contribution in [1.29, 1.82) is 0 Å². The van der Waals surface area contributed by atoms with E-state index < -0.39 is 11.9 Å². The Morgan fingerprint density at radius 1 is 0.741 bits per heavy atom.